The molecule has 2 spiro atoms. The molecule has 0 bridgehead atoms. The molecule has 4 nitrogen and oxygen atoms in total. The van der Waals surface area contributed by atoms with Crippen molar-refractivity contribution in [2.75, 3.05) is 4.90 Å². The van der Waals surface area contributed by atoms with Crippen molar-refractivity contribution in [3.8, 4) is 11.5 Å². The van der Waals surface area contributed by atoms with Gasteiger partial charge in [0.25, 0.3) is 0 Å². The van der Waals surface area contributed by atoms with Crippen LogP contribution in [0.15, 0.2) is 151 Å². The van der Waals surface area contributed by atoms with E-state index in [9.17, 15) is 0 Å². The smallest absolute Gasteiger partial charge is 0.148 e. The van der Waals surface area contributed by atoms with Crippen molar-refractivity contribution in [1.82, 2.24) is 0 Å². The van der Waals surface area contributed by atoms with Crippen molar-refractivity contribution in [1.29, 1.82) is 0 Å². The number of para-hydroxylation sites is 5. The lowest BCUT2D eigenvalue weighted by atomic mass is 9.77. The molecule has 0 unspecified atom stereocenters. The average molecular weight is 632 g/mol. The second-order valence-electron chi connectivity index (χ2n) is 14.1. The number of fused-ring (bicyclic) bond motifs is 8. The molecule has 4 aliphatic rings. The summed E-state index contributed by atoms with van der Waals surface area (Å²) in [5, 5.41) is 0. The van der Waals surface area contributed by atoms with E-state index in [1.807, 2.05) is 24.3 Å². The Morgan fingerprint density at radius 2 is 0.958 bits per heavy atom. The average Bonchev–Trinajstić information content (AvgIpc) is 3.52. The van der Waals surface area contributed by atoms with Gasteiger partial charge in [0.1, 0.15) is 22.7 Å². The van der Waals surface area contributed by atoms with Gasteiger partial charge in [-0.2, -0.15) is 0 Å². The fraction of sp³-hybridized carbons (Fsp3) is 0.227. The third-order valence-electron chi connectivity index (χ3n) is 10.4. The van der Waals surface area contributed by atoms with Crippen molar-refractivity contribution in [2.45, 2.75) is 63.9 Å². The fourth-order valence-electron chi connectivity index (χ4n) is 7.91. The van der Waals surface area contributed by atoms with Gasteiger partial charge in [0.2, 0.25) is 0 Å². The number of benzene rings is 5. The van der Waals surface area contributed by atoms with Gasteiger partial charge in [-0.05, 0) is 95.2 Å². The van der Waals surface area contributed by atoms with E-state index in [1.54, 1.807) is 0 Å². The zero-order valence-electron chi connectivity index (χ0n) is 28.5. The minimum atomic E-state index is -0.543. The van der Waals surface area contributed by atoms with E-state index >= 15 is 0 Å². The first-order valence-electron chi connectivity index (χ1n) is 16.8. The molecule has 0 amide bonds. The van der Waals surface area contributed by atoms with Gasteiger partial charge in [0.05, 0.1) is 22.6 Å². The highest BCUT2D eigenvalue weighted by atomic mass is 16.5. The van der Waals surface area contributed by atoms with Crippen LogP contribution in [0.25, 0.3) is 0 Å². The second kappa shape index (κ2) is 10.8. The highest BCUT2D eigenvalue weighted by Crippen LogP contribution is 2.59. The maximum absolute atomic E-state index is 6.70. The summed E-state index contributed by atoms with van der Waals surface area (Å²) in [6, 6.07) is 44.0. The maximum atomic E-state index is 6.70. The summed E-state index contributed by atoms with van der Waals surface area (Å²) in [5.74, 6) is 1.76. The summed E-state index contributed by atoms with van der Waals surface area (Å²) < 4.78 is 19.5. The Balaban J connectivity index is 0.000000142. The number of ether oxygens (including phenoxy) is 3. The zero-order chi connectivity index (χ0) is 33.3. The van der Waals surface area contributed by atoms with E-state index in [-0.39, 0.29) is 11.2 Å². The molecular formula is C44H41NO3. The van der Waals surface area contributed by atoms with Crippen LogP contribution < -0.4 is 9.64 Å². The third-order valence-corrected chi connectivity index (χ3v) is 10.4. The first-order chi connectivity index (χ1) is 23.1. The largest absolute Gasteiger partial charge is 0.457 e. The van der Waals surface area contributed by atoms with E-state index in [2.05, 4.69) is 162 Å². The molecule has 4 aliphatic heterocycles. The van der Waals surface area contributed by atoms with Crippen LogP contribution in [-0.4, -0.2) is 11.2 Å². The molecule has 0 aromatic heterocycles. The van der Waals surface area contributed by atoms with E-state index in [0.717, 1.165) is 28.3 Å². The predicted molar refractivity (Wildman–Crippen MR) is 193 cm³/mol. The number of hydrogen-bond donors (Lipinski definition) is 0. The van der Waals surface area contributed by atoms with E-state index in [0.29, 0.717) is 0 Å². The number of anilines is 3. The van der Waals surface area contributed by atoms with Crippen LogP contribution in [0.1, 0.15) is 63.8 Å². The van der Waals surface area contributed by atoms with Crippen LogP contribution in [-0.2, 0) is 20.7 Å². The molecule has 0 N–H and O–H groups in total. The number of rotatable bonds is 1. The Morgan fingerprint density at radius 1 is 0.479 bits per heavy atom. The predicted octanol–water partition coefficient (Wildman–Crippen LogP) is 11.3. The van der Waals surface area contributed by atoms with Gasteiger partial charge in [-0.1, -0.05) is 97.1 Å². The molecule has 9 rings (SSSR count). The summed E-state index contributed by atoms with van der Waals surface area (Å²) >= 11 is 0. The molecule has 0 radical (unpaired) electrons. The highest BCUT2D eigenvalue weighted by Gasteiger charge is 2.54. The lowest BCUT2D eigenvalue weighted by Crippen LogP contribution is -2.37. The monoisotopic (exact) mass is 631 g/mol. The van der Waals surface area contributed by atoms with Crippen molar-refractivity contribution < 1.29 is 14.2 Å². The Bertz CT molecular complexity index is 2010. The lowest BCUT2D eigenvalue weighted by Gasteiger charge is -2.43. The molecule has 240 valence electrons. The summed E-state index contributed by atoms with van der Waals surface area (Å²) in [4.78, 5) is 2.33. The van der Waals surface area contributed by atoms with Crippen molar-refractivity contribution in [2.24, 2.45) is 0 Å². The zero-order valence-corrected chi connectivity index (χ0v) is 28.5. The molecular weight excluding hydrogens is 590 g/mol. The van der Waals surface area contributed by atoms with Gasteiger partial charge >= 0.3 is 0 Å². The van der Waals surface area contributed by atoms with Gasteiger partial charge < -0.3 is 19.1 Å². The summed E-state index contributed by atoms with van der Waals surface area (Å²) in [6.45, 7) is 12.9. The molecule has 0 aliphatic carbocycles. The quantitative estimate of drug-likeness (QED) is 0.172. The Labute approximate surface area is 283 Å². The topological polar surface area (TPSA) is 30.9 Å². The molecule has 4 heteroatoms. The van der Waals surface area contributed by atoms with Crippen LogP contribution in [0.5, 0.6) is 11.5 Å². The SMILES string of the molecule is CC1(C)C=CC2(O1)c1ccccc1N(c1ccccc1)c1ccccc12.CC1=C(C)C2(OC1(C)C)c1ccccc1Oc1ccccc12. The number of nitrogens with zero attached hydrogens (tertiary/aromatic N) is 1. The van der Waals surface area contributed by atoms with Crippen molar-refractivity contribution in [3.63, 3.8) is 0 Å². The molecule has 5 aromatic rings. The van der Waals surface area contributed by atoms with Crippen LogP contribution in [0.3, 0.4) is 0 Å². The van der Waals surface area contributed by atoms with Crippen LogP contribution in [0.4, 0.5) is 17.1 Å². The van der Waals surface area contributed by atoms with Crippen molar-refractivity contribution in [3.05, 3.63) is 173 Å². The Morgan fingerprint density at radius 3 is 1.44 bits per heavy atom. The molecule has 0 atom stereocenters. The maximum Gasteiger partial charge on any atom is 0.148 e. The normalized spacial score (nSPS) is 19.5. The van der Waals surface area contributed by atoms with Gasteiger partial charge in [0, 0.05) is 27.9 Å². The molecule has 0 fully saturated rings. The van der Waals surface area contributed by atoms with E-state index in [1.165, 1.54) is 33.6 Å². The summed E-state index contributed by atoms with van der Waals surface area (Å²) in [7, 11) is 0. The first kappa shape index (κ1) is 30.4. The molecule has 0 saturated heterocycles. The van der Waals surface area contributed by atoms with Crippen LogP contribution >= 0.6 is 0 Å². The summed E-state index contributed by atoms with van der Waals surface area (Å²) in [5.41, 5.74) is 8.93. The Hall–Kier alpha value is -4.90. The van der Waals surface area contributed by atoms with E-state index in [4.69, 9.17) is 14.2 Å². The first-order valence-corrected chi connectivity index (χ1v) is 16.8. The highest BCUT2D eigenvalue weighted by molar-refractivity contribution is 5.86. The minimum Gasteiger partial charge on any atom is -0.457 e. The van der Waals surface area contributed by atoms with Gasteiger partial charge in [0.15, 0.2) is 0 Å². The van der Waals surface area contributed by atoms with Gasteiger partial charge in [-0.3, -0.25) is 0 Å². The van der Waals surface area contributed by atoms with Gasteiger partial charge in [-0.25, -0.2) is 0 Å². The van der Waals surface area contributed by atoms with Crippen LogP contribution in [0.2, 0.25) is 0 Å². The van der Waals surface area contributed by atoms with Crippen molar-refractivity contribution >= 4 is 17.1 Å². The van der Waals surface area contributed by atoms with Gasteiger partial charge in [-0.15, -0.1) is 0 Å². The van der Waals surface area contributed by atoms with E-state index < -0.39 is 11.2 Å². The Kier molecular flexibility index (Phi) is 6.86. The number of hydrogen-bond acceptors (Lipinski definition) is 4. The second-order valence-corrected chi connectivity index (χ2v) is 14.1. The molecule has 0 saturated carbocycles. The summed E-state index contributed by atoms with van der Waals surface area (Å²) in [6.07, 6.45) is 4.41. The lowest BCUT2D eigenvalue weighted by molar-refractivity contribution is -0.0621. The standard InChI is InChI=1S/C24H21NO.C20H20O2/c1-23(2)16-17-24(26-23)19-12-6-8-14-21(19)25(18-10-4-3-5-11-18)22-15-9-7-13-20(22)24;1-13-14(2)20(22-19(13,3)4)15-9-5-7-11-17(15)21-18-12-8-6-10-16(18)20/h3-17H,1-2H3;5-12H,1-4H3. The minimum absolute atomic E-state index is 0.290. The molecule has 4 heterocycles. The fourth-order valence-corrected chi connectivity index (χ4v) is 7.91. The van der Waals surface area contributed by atoms with Crippen LogP contribution in [0, 0.1) is 0 Å². The molecule has 5 aromatic carbocycles. The molecule has 48 heavy (non-hydrogen) atoms. The third kappa shape index (κ3) is 4.43.